The van der Waals surface area contributed by atoms with Crippen LogP contribution in [0.4, 0.5) is 15.3 Å². The van der Waals surface area contributed by atoms with Crippen molar-refractivity contribution in [3.05, 3.63) is 64.7 Å². The molecule has 1 fully saturated rings. The van der Waals surface area contributed by atoms with E-state index < -0.39 is 0 Å². The highest BCUT2D eigenvalue weighted by Crippen LogP contribution is 2.15. The number of nitriles is 1. The van der Waals surface area contributed by atoms with Crippen molar-refractivity contribution in [1.82, 2.24) is 15.1 Å². The summed E-state index contributed by atoms with van der Waals surface area (Å²) < 4.78 is 0. The van der Waals surface area contributed by atoms with Crippen LogP contribution in [0.5, 0.6) is 0 Å². The van der Waals surface area contributed by atoms with Crippen LogP contribution in [0.15, 0.2) is 48.5 Å². The molecule has 150 valence electrons. The third kappa shape index (κ3) is 5.62. The Morgan fingerprint density at radius 2 is 1.62 bits per heavy atom. The van der Waals surface area contributed by atoms with Gasteiger partial charge in [0, 0.05) is 43.4 Å². The molecule has 0 unspecified atom stereocenters. The average Bonchev–Trinajstić information content (AvgIpc) is 3.00. The first kappa shape index (κ1) is 20.5. The second-order valence-electron chi connectivity index (χ2n) is 6.70. The van der Waals surface area contributed by atoms with Crippen LogP contribution in [0.1, 0.15) is 17.5 Å². The molecule has 0 saturated carbocycles. The van der Waals surface area contributed by atoms with Crippen molar-refractivity contribution in [1.29, 1.82) is 5.26 Å². The summed E-state index contributed by atoms with van der Waals surface area (Å²) in [6.07, 6.45) is 0.695. The zero-order chi connectivity index (χ0) is 20.6. The van der Waals surface area contributed by atoms with Crippen molar-refractivity contribution in [2.45, 2.75) is 13.0 Å². The van der Waals surface area contributed by atoms with Crippen molar-refractivity contribution in [2.24, 2.45) is 0 Å². The van der Waals surface area contributed by atoms with Gasteiger partial charge in [0.25, 0.3) is 0 Å². The van der Waals surface area contributed by atoms with Crippen LogP contribution in [0, 0.1) is 11.3 Å². The number of anilines is 1. The molecule has 4 amide bonds. The highest BCUT2D eigenvalue weighted by Gasteiger charge is 2.22. The Balaban J connectivity index is 1.50. The monoisotopic (exact) mass is 411 g/mol. The van der Waals surface area contributed by atoms with Gasteiger partial charge in [-0.1, -0.05) is 29.8 Å². The Hall–Kier alpha value is -3.24. The first-order chi connectivity index (χ1) is 14.1. The molecule has 8 heteroatoms. The van der Waals surface area contributed by atoms with E-state index in [1.807, 2.05) is 24.3 Å². The molecule has 7 nitrogen and oxygen atoms in total. The Labute approximate surface area is 174 Å². The maximum atomic E-state index is 12.5. The Morgan fingerprint density at radius 3 is 2.28 bits per heavy atom. The molecule has 2 N–H and O–H groups in total. The number of halogens is 1. The van der Waals surface area contributed by atoms with Gasteiger partial charge in [-0.05, 0) is 42.3 Å². The van der Waals surface area contributed by atoms with Gasteiger partial charge in [0.1, 0.15) is 0 Å². The molecule has 0 radical (unpaired) electrons. The first-order valence-electron chi connectivity index (χ1n) is 9.39. The summed E-state index contributed by atoms with van der Waals surface area (Å²) in [7, 11) is 0. The van der Waals surface area contributed by atoms with Gasteiger partial charge in [-0.2, -0.15) is 5.26 Å². The van der Waals surface area contributed by atoms with Crippen LogP contribution in [0.3, 0.4) is 0 Å². The van der Waals surface area contributed by atoms with E-state index in [1.54, 1.807) is 40.1 Å². The maximum Gasteiger partial charge on any atom is 0.321 e. The minimum absolute atomic E-state index is 0.167. The zero-order valence-corrected chi connectivity index (χ0v) is 16.7. The summed E-state index contributed by atoms with van der Waals surface area (Å²) in [5.74, 6) is 0. The Kier molecular flexibility index (Phi) is 6.93. The van der Waals surface area contributed by atoms with Gasteiger partial charge < -0.3 is 20.4 Å². The number of amides is 4. The second-order valence-corrected chi connectivity index (χ2v) is 7.10. The van der Waals surface area contributed by atoms with Crippen LogP contribution in [0.25, 0.3) is 0 Å². The van der Waals surface area contributed by atoms with Crippen molar-refractivity contribution >= 4 is 29.4 Å². The average molecular weight is 412 g/mol. The molecule has 1 aliphatic rings. The van der Waals surface area contributed by atoms with E-state index >= 15 is 0 Å². The minimum Gasteiger partial charge on any atom is -0.334 e. The van der Waals surface area contributed by atoms with Crippen LogP contribution >= 0.6 is 11.6 Å². The van der Waals surface area contributed by atoms with Crippen molar-refractivity contribution in [3.63, 3.8) is 0 Å². The molecule has 0 bridgehead atoms. The quantitative estimate of drug-likeness (QED) is 0.807. The van der Waals surface area contributed by atoms with Gasteiger partial charge in [0.2, 0.25) is 0 Å². The van der Waals surface area contributed by atoms with E-state index in [9.17, 15) is 9.59 Å². The van der Waals surface area contributed by atoms with Gasteiger partial charge in [0.05, 0.1) is 11.6 Å². The predicted octanol–water partition coefficient (Wildman–Crippen LogP) is 3.66. The topological polar surface area (TPSA) is 88.5 Å². The van der Waals surface area contributed by atoms with E-state index in [0.717, 1.165) is 5.56 Å². The third-order valence-corrected chi connectivity index (χ3v) is 5.09. The largest absolute Gasteiger partial charge is 0.334 e. The molecule has 2 aromatic carbocycles. The molecule has 0 aliphatic carbocycles. The summed E-state index contributed by atoms with van der Waals surface area (Å²) in [5.41, 5.74) is 2.03. The molecule has 1 saturated heterocycles. The first-order valence-corrected chi connectivity index (χ1v) is 9.77. The van der Waals surface area contributed by atoms with Gasteiger partial charge >= 0.3 is 12.1 Å². The lowest BCUT2D eigenvalue weighted by Crippen LogP contribution is -2.43. The number of carbonyl (C=O) groups is 2. The van der Waals surface area contributed by atoms with E-state index in [2.05, 4.69) is 10.6 Å². The van der Waals surface area contributed by atoms with Crippen LogP contribution in [0.2, 0.25) is 5.02 Å². The summed E-state index contributed by atoms with van der Waals surface area (Å²) >= 11 is 6.13. The van der Waals surface area contributed by atoms with Crippen molar-refractivity contribution in [3.8, 4) is 6.07 Å². The summed E-state index contributed by atoms with van der Waals surface area (Å²) in [4.78, 5) is 28.4. The van der Waals surface area contributed by atoms with Crippen LogP contribution < -0.4 is 10.6 Å². The number of hydrogen-bond acceptors (Lipinski definition) is 3. The van der Waals surface area contributed by atoms with Gasteiger partial charge in [0.15, 0.2) is 0 Å². The van der Waals surface area contributed by atoms with Crippen molar-refractivity contribution < 1.29 is 9.59 Å². The molecule has 0 atom stereocenters. The van der Waals surface area contributed by atoms with E-state index in [-0.39, 0.29) is 12.1 Å². The number of rotatable bonds is 3. The number of nitrogens with one attached hydrogen (secondary N) is 2. The van der Waals surface area contributed by atoms with E-state index in [1.165, 1.54) is 0 Å². The van der Waals surface area contributed by atoms with Crippen LogP contribution in [-0.2, 0) is 6.54 Å². The van der Waals surface area contributed by atoms with E-state index in [0.29, 0.717) is 55.4 Å². The number of benzene rings is 2. The molecule has 29 heavy (non-hydrogen) atoms. The summed E-state index contributed by atoms with van der Waals surface area (Å²) in [5, 5.41) is 15.2. The molecule has 2 aromatic rings. The highest BCUT2D eigenvalue weighted by molar-refractivity contribution is 6.31. The van der Waals surface area contributed by atoms with Gasteiger partial charge in [-0.25, -0.2) is 9.59 Å². The lowest BCUT2D eigenvalue weighted by Gasteiger charge is -2.23. The number of hydrogen-bond donors (Lipinski definition) is 2. The lowest BCUT2D eigenvalue weighted by molar-refractivity contribution is 0.195. The SMILES string of the molecule is N#Cc1ccc(NC(=O)N2CCCN(C(=O)NCc3ccccc3Cl)CC2)cc1. The zero-order valence-electron chi connectivity index (χ0n) is 15.9. The molecule has 0 aromatic heterocycles. The molecule has 1 aliphatic heterocycles. The number of nitrogens with zero attached hydrogens (tertiary/aromatic N) is 3. The normalized spacial score (nSPS) is 13.9. The maximum absolute atomic E-state index is 12.5. The Morgan fingerprint density at radius 1 is 0.966 bits per heavy atom. The van der Waals surface area contributed by atoms with Gasteiger partial charge in [-0.3, -0.25) is 0 Å². The van der Waals surface area contributed by atoms with Crippen molar-refractivity contribution in [2.75, 3.05) is 31.5 Å². The Bertz CT molecular complexity index is 910. The minimum atomic E-state index is -0.215. The fourth-order valence-corrected chi connectivity index (χ4v) is 3.28. The molecule has 1 heterocycles. The summed E-state index contributed by atoms with van der Waals surface area (Å²) in [6, 6.07) is 15.8. The lowest BCUT2D eigenvalue weighted by atomic mass is 10.2. The molecular weight excluding hydrogens is 390 g/mol. The molecular formula is C21H22ClN5O2. The van der Waals surface area contributed by atoms with Gasteiger partial charge in [-0.15, -0.1) is 0 Å². The predicted molar refractivity (Wildman–Crippen MR) is 112 cm³/mol. The standard InChI is InChI=1S/C21H22ClN5O2/c22-19-5-2-1-4-17(19)15-24-20(28)26-10-3-11-27(13-12-26)21(29)25-18-8-6-16(14-23)7-9-18/h1-2,4-9H,3,10-13,15H2,(H,24,28)(H,25,29). The molecule has 0 spiro atoms. The highest BCUT2D eigenvalue weighted by atomic mass is 35.5. The summed E-state index contributed by atoms with van der Waals surface area (Å²) in [6.45, 7) is 2.40. The van der Waals surface area contributed by atoms with Crippen LogP contribution in [-0.4, -0.2) is 48.0 Å². The fraction of sp³-hybridized carbons (Fsp3) is 0.286. The second kappa shape index (κ2) is 9.80. The molecule has 3 rings (SSSR count). The fourth-order valence-electron chi connectivity index (χ4n) is 3.08. The number of urea groups is 2. The third-order valence-electron chi connectivity index (χ3n) is 4.72. The van der Waals surface area contributed by atoms with E-state index in [4.69, 9.17) is 16.9 Å². The smallest absolute Gasteiger partial charge is 0.321 e. The number of carbonyl (C=O) groups excluding carboxylic acids is 2.